The SMILES string of the molecule is CCOC(=O)/C=C1\SCC(=O)N1CC(=O)Nc1ccc(C)c(Cl)c1. The molecule has 128 valence electrons. The Balaban J connectivity index is 2.04. The minimum absolute atomic E-state index is 0.178. The van der Waals surface area contributed by atoms with Crippen molar-refractivity contribution in [2.75, 3.05) is 24.2 Å². The molecular formula is C16H17ClN2O4S. The molecule has 0 aromatic heterocycles. The second-order valence-corrected chi connectivity index (χ2v) is 6.42. The molecule has 0 radical (unpaired) electrons. The lowest BCUT2D eigenvalue weighted by Crippen LogP contribution is -2.34. The first-order chi connectivity index (χ1) is 11.4. The fraction of sp³-hybridized carbons (Fsp3) is 0.312. The standard InChI is InChI=1S/C16H17ClN2O4S/c1-3-23-16(22)7-15-19(14(21)9-24-15)8-13(20)18-11-5-4-10(2)12(17)6-11/h4-7H,3,8-9H2,1-2H3,(H,18,20)/b15-7-. The van der Waals surface area contributed by atoms with Crippen LogP contribution in [-0.2, 0) is 19.1 Å². The minimum Gasteiger partial charge on any atom is -0.463 e. The van der Waals surface area contributed by atoms with E-state index in [2.05, 4.69) is 5.32 Å². The largest absolute Gasteiger partial charge is 0.463 e. The molecule has 1 aliphatic heterocycles. The Morgan fingerprint density at radius 2 is 2.21 bits per heavy atom. The Labute approximate surface area is 149 Å². The Kier molecular flexibility index (Phi) is 6.28. The van der Waals surface area contributed by atoms with Crippen LogP contribution in [0.3, 0.4) is 0 Å². The summed E-state index contributed by atoms with van der Waals surface area (Å²) in [6, 6.07) is 5.17. The third-order valence-electron chi connectivity index (χ3n) is 3.20. The van der Waals surface area contributed by atoms with E-state index in [1.165, 1.54) is 22.7 Å². The quantitative estimate of drug-likeness (QED) is 0.638. The maximum absolute atomic E-state index is 12.2. The van der Waals surface area contributed by atoms with E-state index in [0.717, 1.165) is 5.56 Å². The molecule has 1 N–H and O–H groups in total. The molecule has 6 nitrogen and oxygen atoms in total. The van der Waals surface area contributed by atoms with Crippen LogP contribution in [0.4, 0.5) is 5.69 Å². The van der Waals surface area contributed by atoms with Crippen LogP contribution in [0.1, 0.15) is 12.5 Å². The zero-order chi connectivity index (χ0) is 17.7. The van der Waals surface area contributed by atoms with Gasteiger partial charge in [0.05, 0.1) is 23.5 Å². The lowest BCUT2D eigenvalue weighted by atomic mass is 10.2. The zero-order valence-electron chi connectivity index (χ0n) is 13.3. The van der Waals surface area contributed by atoms with E-state index in [1.54, 1.807) is 25.1 Å². The van der Waals surface area contributed by atoms with Gasteiger partial charge in [0.15, 0.2) is 0 Å². The van der Waals surface area contributed by atoms with Gasteiger partial charge in [-0.25, -0.2) is 4.79 Å². The highest BCUT2D eigenvalue weighted by Gasteiger charge is 2.29. The molecule has 1 aliphatic rings. The van der Waals surface area contributed by atoms with Crippen molar-refractivity contribution in [2.24, 2.45) is 0 Å². The number of hydrogen-bond acceptors (Lipinski definition) is 5. The lowest BCUT2D eigenvalue weighted by Gasteiger charge is -2.16. The predicted molar refractivity (Wildman–Crippen MR) is 93.7 cm³/mol. The van der Waals surface area contributed by atoms with Gasteiger partial charge < -0.3 is 10.1 Å². The van der Waals surface area contributed by atoms with E-state index in [0.29, 0.717) is 15.7 Å². The van der Waals surface area contributed by atoms with E-state index in [1.807, 2.05) is 6.92 Å². The van der Waals surface area contributed by atoms with Gasteiger partial charge in [0.1, 0.15) is 6.54 Å². The molecule has 1 saturated heterocycles. The van der Waals surface area contributed by atoms with Crippen molar-refractivity contribution in [3.8, 4) is 0 Å². The number of amides is 2. The van der Waals surface area contributed by atoms with Gasteiger partial charge in [0.25, 0.3) is 0 Å². The van der Waals surface area contributed by atoms with Crippen LogP contribution < -0.4 is 5.32 Å². The van der Waals surface area contributed by atoms with Gasteiger partial charge in [0, 0.05) is 10.7 Å². The average molecular weight is 369 g/mol. The summed E-state index contributed by atoms with van der Waals surface area (Å²) in [6.07, 6.45) is 1.23. The molecule has 0 atom stereocenters. The third-order valence-corrected chi connectivity index (χ3v) is 4.63. The number of carbonyl (C=O) groups is 3. The van der Waals surface area contributed by atoms with Gasteiger partial charge in [-0.15, -0.1) is 0 Å². The fourth-order valence-corrected chi connectivity index (χ4v) is 3.11. The number of aryl methyl sites for hydroxylation is 1. The number of rotatable bonds is 5. The molecule has 1 heterocycles. The number of nitrogens with one attached hydrogen (secondary N) is 1. The molecule has 0 spiro atoms. The molecule has 0 saturated carbocycles. The highest BCUT2D eigenvalue weighted by atomic mass is 35.5. The number of halogens is 1. The maximum Gasteiger partial charge on any atom is 0.333 e. The van der Waals surface area contributed by atoms with E-state index >= 15 is 0 Å². The van der Waals surface area contributed by atoms with Crippen molar-refractivity contribution in [1.29, 1.82) is 0 Å². The number of benzene rings is 1. The minimum atomic E-state index is -0.537. The van der Waals surface area contributed by atoms with E-state index in [4.69, 9.17) is 16.3 Å². The van der Waals surface area contributed by atoms with E-state index in [9.17, 15) is 14.4 Å². The summed E-state index contributed by atoms with van der Waals surface area (Å²) in [4.78, 5) is 36.9. The summed E-state index contributed by atoms with van der Waals surface area (Å²) in [5.74, 6) is -0.951. The molecule has 24 heavy (non-hydrogen) atoms. The van der Waals surface area contributed by atoms with Crippen molar-refractivity contribution in [2.45, 2.75) is 13.8 Å². The molecule has 0 bridgehead atoms. The fourth-order valence-electron chi connectivity index (χ4n) is 2.00. The molecule has 1 fully saturated rings. The number of thioether (sulfide) groups is 1. The van der Waals surface area contributed by atoms with Crippen molar-refractivity contribution in [3.05, 3.63) is 39.9 Å². The number of esters is 1. The van der Waals surface area contributed by atoms with Crippen LogP contribution in [0.15, 0.2) is 29.3 Å². The normalized spacial score (nSPS) is 15.7. The van der Waals surface area contributed by atoms with Crippen LogP contribution in [0.5, 0.6) is 0 Å². The van der Waals surface area contributed by atoms with Crippen LogP contribution in [0.25, 0.3) is 0 Å². The first-order valence-corrected chi connectivity index (χ1v) is 8.64. The number of carbonyl (C=O) groups excluding carboxylic acids is 3. The Hall–Kier alpha value is -1.99. The smallest absolute Gasteiger partial charge is 0.333 e. The number of hydrogen-bond donors (Lipinski definition) is 1. The van der Waals surface area contributed by atoms with Crippen molar-refractivity contribution in [3.63, 3.8) is 0 Å². The van der Waals surface area contributed by atoms with Gasteiger partial charge in [-0.1, -0.05) is 29.4 Å². The van der Waals surface area contributed by atoms with Crippen LogP contribution in [-0.4, -0.2) is 41.6 Å². The molecule has 1 aromatic carbocycles. The van der Waals surface area contributed by atoms with Crippen LogP contribution >= 0.6 is 23.4 Å². The summed E-state index contributed by atoms with van der Waals surface area (Å²) in [5, 5.41) is 3.64. The topological polar surface area (TPSA) is 75.7 Å². The zero-order valence-corrected chi connectivity index (χ0v) is 14.9. The molecule has 8 heteroatoms. The number of ether oxygens (including phenoxy) is 1. The van der Waals surface area contributed by atoms with Crippen LogP contribution in [0.2, 0.25) is 5.02 Å². The summed E-state index contributed by atoms with van der Waals surface area (Å²) in [7, 11) is 0. The van der Waals surface area contributed by atoms with E-state index in [-0.39, 0.29) is 30.7 Å². The summed E-state index contributed by atoms with van der Waals surface area (Å²) in [5.41, 5.74) is 1.45. The Morgan fingerprint density at radius 1 is 1.46 bits per heavy atom. The Bertz CT molecular complexity index is 705. The summed E-state index contributed by atoms with van der Waals surface area (Å²) < 4.78 is 4.83. The van der Waals surface area contributed by atoms with Crippen LogP contribution in [0, 0.1) is 6.92 Å². The second-order valence-electron chi connectivity index (χ2n) is 5.02. The summed E-state index contributed by atoms with van der Waals surface area (Å²) >= 11 is 7.22. The Morgan fingerprint density at radius 3 is 2.88 bits per heavy atom. The number of anilines is 1. The van der Waals surface area contributed by atoms with Crippen molar-refractivity contribution < 1.29 is 19.1 Å². The van der Waals surface area contributed by atoms with Crippen molar-refractivity contribution in [1.82, 2.24) is 4.90 Å². The lowest BCUT2D eigenvalue weighted by molar-refractivity contribution is -0.137. The molecule has 0 aliphatic carbocycles. The first-order valence-electron chi connectivity index (χ1n) is 7.28. The maximum atomic E-state index is 12.2. The van der Waals surface area contributed by atoms with Gasteiger partial charge >= 0.3 is 5.97 Å². The molecular weight excluding hydrogens is 352 g/mol. The molecule has 2 amide bonds. The number of nitrogens with zero attached hydrogens (tertiary/aromatic N) is 1. The van der Waals surface area contributed by atoms with E-state index < -0.39 is 5.97 Å². The highest BCUT2D eigenvalue weighted by molar-refractivity contribution is 8.04. The molecule has 0 unspecified atom stereocenters. The van der Waals surface area contributed by atoms with Crippen molar-refractivity contribution >= 4 is 46.8 Å². The first kappa shape index (κ1) is 18.4. The van der Waals surface area contributed by atoms with Gasteiger partial charge in [-0.2, -0.15) is 0 Å². The van der Waals surface area contributed by atoms with Gasteiger partial charge in [-0.3, -0.25) is 14.5 Å². The van der Waals surface area contributed by atoms with Gasteiger partial charge in [0.2, 0.25) is 11.8 Å². The predicted octanol–water partition coefficient (Wildman–Crippen LogP) is 2.57. The molecule has 1 aromatic rings. The van der Waals surface area contributed by atoms with Gasteiger partial charge in [-0.05, 0) is 31.5 Å². The second kappa shape index (κ2) is 8.21. The highest BCUT2D eigenvalue weighted by Crippen LogP contribution is 2.28. The summed E-state index contributed by atoms with van der Waals surface area (Å²) in [6.45, 7) is 3.63. The third kappa shape index (κ3) is 4.75. The molecule has 2 rings (SSSR count). The monoisotopic (exact) mass is 368 g/mol. The average Bonchev–Trinajstić information content (AvgIpc) is 2.84.